The molecule has 6 nitrogen and oxygen atoms in total. The predicted octanol–water partition coefficient (Wildman–Crippen LogP) is 3.67. The monoisotopic (exact) mass is 345 g/mol. The quantitative estimate of drug-likeness (QED) is 0.838. The van der Waals surface area contributed by atoms with Crippen LogP contribution in [0.4, 0.5) is 10.6 Å². The van der Waals surface area contributed by atoms with Gasteiger partial charge in [0.2, 0.25) is 5.91 Å². The zero-order chi connectivity index (χ0) is 18.2. The summed E-state index contributed by atoms with van der Waals surface area (Å²) in [5, 5.41) is 0. The van der Waals surface area contributed by atoms with Gasteiger partial charge in [-0.2, -0.15) is 0 Å². The SMILES string of the molecule is CC(=O)N1CCC[C@@H]1c1cccnc1N(C(=O)OC(C)(C)C)C1CC1. The summed E-state index contributed by atoms with van der Waals surface area (Å²) < 4.78 is 5.61. The van der Waals surface area contributed by atoms with E-state index in [4.69, 9.17) is 4.74 Å². The Bertz CT molecular complexity index is 664. The first kappa shape index (κ1) is 17.7. The molecule has 0 spiro atoms. The second-order valence-corrected chi connectivity index (χ2v) is 7.87. The van der Waals surface area contributed by atoms with Crippen LogP contribution in [0.5, 0.6) is 0 Å². The highest BCUT2D eigenvalue weighted by atomic mass is 16.6. The summed E-state index contributed by atoms with van der Waals surface area (Å²) in [6, 6.07) is 3.96. The Morgan fingerprint density at radius 3 is 2.60 bits per heavy atom. The molecule has 3 rings (SSSR count). The van der Waals surface area contributed by atoms with Crippen LogP contribution in [0.15, 0.2) is 18.3 Å². The number of hydrogen-bond donors (Lipinski definition) is 0. The molecule has 1 saturated carbocycles. The van der Waals surface area contributed by atoms with Crippen molar-refractivity contribution in [3.05, 3.63) is 23.9 Å². The Labute approximate surface area is 149 Å². The normalized spacial score (nSPS) is 20.5. The maximum Gasteiger partial charge on any atom is 0.416 e. The van der Waals surface area contributed by atoms with E-state index in [0.717, 1.165) is 37.8 Å². The fourth-order valence-electron chi connectivity index (χ4n) is 3.39. The minimum atomic E-state index is -0.558. The van der Waals surface area contributed by atoms with Crippen molar-refractivity contribution in [2.24, 2.45) is 0 Å². The molecule has 0 radical (unpaired) electrons. The van der Waals surface area contributed by atoms with Gasteiger partial charge in [-0.3, -0.25) is 9.69 Å². The summed E-state index contributed by atoms with van der Waals surface area (Å²) in [7, 11) is 0. The molecule has 136 valence electrons. The third-order valence-electron chi connectivity index (χ3n) is 4.56. The van der Waals surface area contributed by atoms with Gasteiger partial charge in [0.05, 0.1) is 6.04 Å². The summed E-state index contributed by atoms with van der Waals surface area (Å²) in [6.07, 6.45) is 5.11. The van der Waals surface area contributed by atoms with Crippen LogP contribution in [0.1, 0.15) is 65.0 Å². The predicted molar refractivity (Wildman–Crippen MR) is 95.3 cm³/mol. The highest BCUT2D eigenvalue weighted by Crippen LogP contribution is 2.40. The molecule has 1 aliphatic carbocycles. The van der Waals surface area contributed by atoms with Crippen LogP contribution in [-0.2, 0) is 9.53 Å². The van der Waals surface area contributed by atoms with Crippen LogP contribution < -0.4 is 4.90 Å². The largest absolute Gasteiger partial charge is 0.443 e. The number of aromatic nitrogens is 1. The average molecular weight is 345 g/mol. The van der Waals surface area contributed by atoms with Gasteiger partial charge in [0.1, 0.15) is 11.4 Å². The standard InChI is InChI=1S/C19H27N3O3/c1-13(23)21-12-6-8-16(21)15-7-5-11-20-17(15)22(14-9-10-14)18(24)25-19(2,3)4/h5,7,11,14,16H,6,8-10,12H2,1-4H3/t16-/m1/s1. The van der Waals surface area contributed by atoms with Crippen LogP contribution in [0.25, 0.3) is 0 Å². The molecule has 0 bridgehead atoms. The molecule has 6 heteroatoms. The maximum absolute atomic E-state index is 12.8. The highest BCUT2D eigenvalue weighted by Gasteiger charge is 2.40. The molecule has 1 atom stereocenters. The minimum absolute atomic E-state index is 0.0233. The van der Waals surface area contributed by atoms with E-state index in [1.807, 2.05) is 37.8 Å². The number of pyridine rings is 1. The maximum atomic E-state index is 12.8. The minimum Gasteiger partial charge on any atom is -0.443 e. The van der Waals surface area contributed by atoms with Crippen molar-refractivity contribution in [2.75, 3.05) is 11.4 Å². The smallest absolute Gasteiger partial charge is 0.416 e. The lowest BCUT2D eigenvalue weighted by atomic mass is 10.0. The zero-order valence-electron chi connectivity index (χ0n) is 15.5. The molecule has 1 aromatic heterocycles. The van der Waals surface area contributed by atoms with Crippen molar-refractivity contribution in [3.8, 4) is 0 Å². The van der Waals surface area contributed by atoms with Crippen LogP contribution in [0, 0.1) is 0 Å². The van der Waals surface area contributed by atoms with Crippen molar-refractivity contribution < 1.29 is 14.3 Å². The van der Waals surface area contributed by atoms with Crippen molar-refractivity contribution >= 4 is 17.8 Å². The number of carbonyl (C=O) groups excluding carboxylic acids is 2. The molecule has 0 aromatic carbocycles. The molecule has 2 fully saturated rings. The summed E-state index contributed by atoms with van der Waals surface area (Å²) in [4.78, 5) is 32.9. The molecular formula is C19H27N3O3. The first-order valence-corrected chi connectivity index (χ1v) is 9.02. The Hall–Kier alpha value is -2.11. The summed E-state index contributed by atoms with van der Waals surface area (Å²) in [5.74, 6) is 0.699. The van der Waals surface area contributed by atoms with Crippen molar-refractivity contribution in [2.45, 2.75) is 71.1 Å². The van der Waals surface area contributed by atoms with Gasteiger partial charge in [-0.15, -0.1) is 0 Å². The third kappa shape index (κ3) is 3.94. The number of amides is 2. The number of nitrogens with zero attached hydrogens (tertiary/aromatic N) is 3. The van der Waals surface area contributed by atoms with Gasteiger partial charge in [-0.1, -0.05) is 6.07 Å². The number of rotatable bonds is 3. The van der Waals surface area contributed by atoms with Crippen LogP contribution in [-0.4, -0.2) is 40.1 Å². The molecule has 1 saturated heterocycles. The van der Waals surface area contributed by atoms with Gasteiger partial charge in [-0.25, -0.2) is 9.78 Å². The number of hydrogen-bond acceptors (Lipinski definition) is 4. The molecule has 2 aliphatic rings. The van der Waals surface area contributed by atoms with Crippen LogP contribution in [0.3, 0.4) is 0 Å². The fourth-order valence-corrected chi connectivity index (χ4v) is 3.39. The number of likely N-dealkylation sites (tertiary alicyclic amines) is 1. The van der Waals surface area contributed by atoms with Gasteiger partial charge in [0, 0.05) is 31.3 Å². The lowest BCUT2D eigenvalue weighted by Crippen LogP contribution is -2.40. The van der Waals surface area contributed by atoms with E-state index in [0.29, 0.717) is 5.82 Å². The lowest BCUT2D eigenvalue weighted by Gasteiger charge is -2.31. The molecule has 2 heterocycles. The van der Waals surface area contributed by atoms with Crippen molar-refractivity contribution in [3.63, 3.8) is 0 Å². The fraction of sp³-hybridized carbons (Fsp3) is 0.632. The van der Waals surface area contributed by atoms with E-state index in [-0.39, 0.29) is 24.1 Å². The second kappa shape index (κ2) is 6.65. The Kier molecular flexibility index (Phi) is 4.71. The molecule has 1 aliphatic heterocycles. The van der Waals surface area contributed by atoms with Crippen LogP contribution >= 0.6 is 0 Å². The first-order chi connectivity index (χ1) is 11.8. The molecule has 1 aromatic rings. The molecular weight excluding hydrogens is 318 g/mol. The zero-order valence-corrected chi connectivity index (χ0v) is 15.5. The summed E-state index contributed by atoms with van der Waals surface area (Å²) >= 11 is 0. The van der Waals surface area contributed by atoms with Gasteiger partial charge in [0.15, 0.2) is 0 Å². The van der Waals surface area contributed by atoms with E-state index in [9.17, 15) is 9.59 Å². The Balaban J connectivity index is 1.95. The first-order valence-electron chi connectivity index (χ1n) is 9.02. The van der Waals surface area contributed by atoms with Gasteiger partial charge < -0.3 is 9.64 Å². The number of carbonyl (C=O) groups is 2. The van der Waals surface area contributed by atoms with Crippen molar-refractivity contribution in [1.29, 1.82) is 0 Å². The molecule has 0 N–H and O–H groups in total. The average Bonchev–Trinajstić information content (AvgIpc) is 3.21. The lowest BCUT2D eigenvalue weighted by molar-refractivity contribution is -0.129. The van der Waals surface area contributed by atoms with Crippen molar-refractivity contribution in [1.82, 2.24) is 9.88 Å². The van der Waals surface area contributed by atoms with Gasteiger partial charge in [0.25, 0.3) is 0 Å². The van der Waals surface area contributed by atoms with E-state index < -0.39 is 5.60 Å². The van der Waals surface area contributed by atoms with Crippen LogP contribution in [0.2, 0.25) is 0 Å². The molecule has 0 unspecified atom stereocenters. The number of ether oxygens (including phenoxy) is 1. The molecule has 2 amide bonds. The van der Waals surface area contributed by atoms with E-state index >= 15 is 0 Å². The topological polar surface area (TPSA) is 62.7 Å². The summed E-state index contributed by atoms with van der Waals surface area (Å²) in [6.45, 7) is 7.95. The Morgan fingerprint density at radius 1 is 1.28 bits per heavy atom. The third-order valence-corrected chi connectivity index (χ3v) is 4.56. The Morgan fingerprint density at radius 2 is 2.00 bits per heavy atom. The number of anilines is 1. The van der Waals surface area contributed by atoms with Gasteiger partial charge in [-0.05, 0) is 52.5 Å². The molecule has 25 heavy (non-hydrogen) atoms. The van der Waals surface area contributed by atoms with E-state index in [2.05, 4.69) is 4.98 Å². The van der Waals surface area contributed by atoms with E-state index in [1.54, 1.807) is 18.0 Å². The summed E-state index contributed by atoms with van der Waals surface area (Å²) in [5.41, 5.74) is 0.380. The second-order valence-electron chi connectivity index (χ2n) is 7.87. The highest BCUT2D eigenvalue weighted by molar-refractivity contribution is 5.89. The van der Waals surface area contributed by atoms with E-state index in [1.165, 1.54) is 0 Å². The van der Waals surface area contributed by atoms with Gasteiger partial charge >= 0.3 is 6.09 Å².